The molecule has 1 aliphatic heterocycles. The van der Waals surface area contributed by atoms with E-state index in [1.165, 1.54) is 0 Å². The minimum absolute atomic E-state index is 0.0485. The molecule has 1 aliphatic rings. The van der Waals surface area contributed by atoms with Crippen LogP contribution in [0.3, 0.4) is 0 Å². The topological polar surface area (TPSA) is 41.6 Å². The highest BCUT2D eigenvalue weighted by Crippen LogP contribution is 2.20. The van der Waals surface area contributed by atoms with Gasteiger partial charge >= 0.3 is 0 Å². The van der Waals surface area contributed by atoms with Gasteiger partial charge in [-0.25, -0.2) is 0 Å². The van der Waals surface area contributed by atoms with Crippen LogP contribution in [0.2, 0.25) is 0 Å². The Kier molecular flexibility index (Phi) is 6.09. The molecule has 0 saturated carbocycles. The van der Waals surface area contributed by atoms with Gasteiger partial charge in [0.2, 0.25) is 5.91 Å². The van der Waals surface area contributed by atoms with Gasteiger partial charge in [-0.15, -0.1) is 0 Å². The third-order valence-corrected chi connectivity index (χ3v) is 4.24. The van der Waals surface area contributed by atoms with Crippen LogP contribution in [0.15, 0.2) is 0 Å². The summed E-state index contributed by atoms with van der Waals surface area (Å²) < 4.78 is 5.39. The van der Waals surface area contributed by atoms with Crippen molar-refractivity contribution in [2.45, 2.75) is 46.1 Å². The van der Waals surface area contributed by atoms with E-state index in [4.69, 9.17) is 4.74 Å². The predicted octanol–water partition coefficient (Wildman–Crippen LogP) is 1.65. The van der Waals surface area contributed by atoms with Crippen molar-refractivity contribution in [2.75, 3.05) is 32.8 Å². The highest BCUT2D eigenvalue weighted by atomic mass is 16.5. The number of carbonyl (C=O) groups excluding carboxylic acids is 1. The van der Waals surface area contributed by atoms with Crippen LogP contribution >= 0.6 is 0 Å². The Bertz CT molecular complexity index is 265. The lowest BCUT2D eigenvalue weighted by Gasteiger charge is -2.43. The summed E-state index contributed by atoms with van der Waals surface area (Å²) in [5, 5.41) is 3.10. The molecule has 0 aromatic rings. The molecule has 106 valence electrons. The molecular weight excluding hydrogens is 228 g/mol. The summed E-state index contributed by atoms with van der Waals surface area (Å²) in [6.07, 6.45) is 1.93. The molecule has 2 atom stereocenters. The SMILES string of the molecule is CC[C@@H](C)C(=O)NC[C@](C)(CC)N1CCOCC1. The monoisotopic (exact) mass is 256 g/mol. The molecule has 0 bridgehead atoms. The first kappa shape index (κ1) is 15.4. The zero-order valence-electron chi connectivity index (χ0n) is 12.3. The molecular formula is C14H28N2O2. The van der Waals surface area contributed by atoms with Crippen LogP contribution in [0, 0.1) is 5.92 Å². The number of amides is 1. The molecule has 0 aliphatic carbocycles. The molecule has 1 fully saturated rings. The molecule has 1 rings (SSSR count). The second-order valence-electron chi connectivity index (χ2n) is 5.48. The van der Waals surface area contributed by atoms with Crippen LogP contribution in [0.4, 0.5) is 0 Å². The highest BCUT2D eigenvalue weighted by Gasteiger charge is 2.31. The Labute approximate surface area is 111 Å². The fourth-order valence-electron chi connectivity index (χ4n) is 2.20. The predicted molar refractivity (Wildman–Crippen MR) is 73.6 cm³/mol. The first-order chi connectivity index (χ1) is 8.53. The maximum atomic E-state index is 11.9. The van der Waals surface area contributed by atoms with Gasteiger partial charge in [0.25, 0.3) is 0 Å². The van der Waals surface area contributed by atoms with Crippen molar-refractivity contribution in [1.29, 1.82) is 0 Å². The normalized spacial score (nSPS) is 22.2. The fraction of sp³-hybridized carbons (Fsp3) is 0.929. The number of ether oxygens (including phenoxy) is 1. The van der Waals surface area contributed by atoms with Crippen molar-refractivity contribution in [3.8, 4) is 0 Å². The van der Waals surface area contributed by atoms with E-state index in [1.54, 1.807) is 0 Å². The maximum Gasteiger partial charge on any atom is 0.222 e. The molecule has 0 aromatic heterocycles. The molecule has 0 radical (unpaired) electrons. The summed E-state index contributed by atoms with van der Waals surface area (Å²) >= 11 is 0. The molecule has 1 heterocycles. The first-order valence-corrected chi connectivity index (χ1v) is 7.14. The average molecular weight is 256 g/mol. The number of morpholine rings is 1. The van der Waals surface area contributed by atoms with E-state index in [-0.39, 0.29) is 17.4 Å². The fourth-order valence-corrected chi connectivity index (χ4v) is 2.20. The lowest BCUT2D eigenvalue weighted by atomic mass is 9.95. The first-order valence-electron chi connectivity index (χ1n) is 7.14. The van der Waals surface area contributed by atoms with Gasteiger partial charge in [-0.1, -0.05) is 20.8 Å². The summed E-state index contributed by atoms with van der Waals surface area (Å²) in [6.45, 7) is 12.7. The summed E-state index contributed by atoms with van der Waals surface area (Å²) in [5.41, 5.74) is 0.0485. The van der Waals surface area contributed by atoms with Crippen molar-refractivity contribution in [3.05, 3.63) is 0 Å². The van der Waals surface area contributed by atoms with Crippen LogP contribution in [-0.4, -0.2) is 49.2 Å². The van der Waals surface area contributed by atoms with Crippen LogP contribution in [0.25, 0.3) is 0 Å². The number of hydrogen-bond acceptors (Lipinski definition) is 3. The molecule has 4 nitrogen and oxygen atoms in total. The number of rotatable bonds is 6. The van der Waals surface area contributed by atoms with Gasteiger partial charge in [-0.2, -0.15) is 0 Å². The number of nitrogens with one attached hydrogen (secondary N) is 1. The largest absolute Gasteiger partial charge is 0.379 e. The third kappa shape index (κ3) is 3.95. The summed E-state index contributed by atoms with van der Waals surface area (Å²) in [7, 11) is 0. The maximum absolute atomic E-state index is 11.9. The quantitative estimate of drug-likeness (QED) is 0.785. The van der Waals surface area contributed by atoms with E-state index in [2.05, 4.69) is 24.1 Å². The van der Waals surface area contributed by atoms with Gasteiger partial charge in [0, 0.05) is 31.1 Å². The number of nitrogens with zero attached hydrogens (tertiary/aromatic N) is 1. The van der Waals surface area contributed by atoms with E-state index in [1.807, 2.05) is 13.8 Å². The van der Waals surface area contributed by atoms with Crippen LogP contribution < -0.4 is 5.32 Å². The number of carbonyl (C=O) groups is 1. The zero-order valence-corrected chi connectivity index (χ0v) is 12.3. The lowest BCUT2D eigenvalue weighted by molar-refractivity contribution is -0.125. The Balaban J connectivity index is 2.51. The molecule has 18 heavy (non-hydrogen) atoms. The Hall–Kier alpha value is -0.610. The van der Waals surface area contributed by atoms with Crippen LogP contribution in [0.1, 0.15) is 40.5 Å². The Morgan fingerprint density at radius 1 is 1.39 bits per heavy atom. The van der Waals surface area contributed by atoms with Gasteiger partial charge in [0.1, 0.15) is 0 Å². The Morgan fingerprint density at radius 2 is 2.00 bits per heavy atom. The van der Waals surface area contributed by atoms with Gasteiger partial charge in [-0.3, -0.25) is 9.69 Å². The van der Waals surface area contributed by atoms with Gasteiger partial charge in [0.05, 0.1) is 13.2 Å². The Morgan fingerprint density at radius 3 is 2.50 bits per heavy atom. The smallest absolute Gasteiger partial charge is 0.222 e. The molecule has 0 unspecified atom stereocenters. The lowest BCUT2D eigenvalue weighted by Crippen LogP contribution is -2.57. The number of hydrogen-bond donors (Lipinski definition) is 1. The zero-order chi connectivity index (χ0) is 13.6. The van der Waals surface area contributed by atoms with Crippen LogP contribution in [0.5, 0.6) is 0 Å². The van der Waals surface area contributed by atoms with Gasteiger partial charge in [0.15, 0.2) is 0 Å². The molecule has 0 aromatic carbocycles. The summed E-state index contributed by atoms with van der Waals surface area (Å²) in [4.78, 5) is 14.3. The van der Waals surface area contributed by atoms with E-state index in [9.17, 15) is 4.79 Å². The standard InChI is InChI=1S/C14H28N2O2/c1-5-12(3)13(17)15-11-14(4,6-2)16-7-9-18-10-8-16/h12H,5-11H2,1-4H3,(H,15,17)/t12-,14+/m1/s1. The minimum atomic E-state index is 0.0485. The molecule has 1 saturated heterocycles. The van der Waals surface area contributed by atoms with Crippen molar-refractivity contribution in [3.63, 3.8) is 0 Å². The summed E-state index contributed by atoms with van der Waals surface area (Å²) in [5.74, 6) is 0.279. The minimum Gasteiger partial charge on any atom is -0.379 e. The highest BCUT2D eigenvalue weighted by molar-refractivity contribution is 5.78. The van der Waals surface area contributed by atoms with Gasteiger partial charge in [-0.05, 0) is 19.8 Å². The molecule has 1 N–H and O–H groups in total. The average Bonchev–Trinajstić information content (AvgIpc) is 2.44. The van der Waals surface area contributed by atoms with Gasteiger partial charge < -0.3 is 10.1 Å². The third-order valence-electron chi connectivity index (χ3n) is 4.24. The summed E-state index contributed by atoms with van der Waals surface area (Å²) in [6, 6.07) is 0. The van der Waals surface area contributed by atoms with Crippen molar-refractivity contribution >= 4 is 5.91 Å². The van der Waals surface area contributed by atoms with E-state index in [0.717, 1.165) is 45.7 Å². The van der Waals surface area contributed by atoms with E-state index >= 15 is 0 Å². The molecule has 1 amide bonds. The second-order valence-corrected chi connectivity index (χ2v) is 5.48. The van der Waals surface area contributed by atoms with E-state index < -0.39 is 0 Å². The van der Waals surface area contributed by atoms with Crippen molar-refractivity contribution in [1.82, 2.24) is 10.2 Å². The van der Waals surface area contributed by atoms with Crippen molar-refractivity contribution < 1.29 is 9.53 Å². The molecule has 4 heteroatoms. The molecule has 0 spiro atoms. The van der Waals surface area contributed by atoms with Crippen LogP contribution in [-0.2, 0) is 9.53 Å². The van der Waals surface area contributed by atoms with E-state index in [0.29, 0.717) is 0 Å². The second kappa shape index (κ2) is 7.10. The van der Waals surface area contributed by atoms with Crippen molar-refractivity contribution in [2.24, 2.45) is 5.92 Å².